The normalized spacial score (nSPS) is 26.1. The van der Waals surface area contributed by atoms with E-state index in [4.69, 9.17) is 46.4 Å². The molecule has 0 radical (unpaired) electrons. The van der Waals surface area contributed by atoms with Crippen molar-refractivity contribution in [3.63, 3.8) is 0 Å². The molecule has 4 atom stereocenters. The molecule has 1 spiro atoms. The second kappa shape index (κ2) is 8.72. The van der Waals surface area contributed by atoms with Crippen LogP contribution in [-0.2, 0) is 26.3 Å². The van der Waals surface area contributed by atoms with Crippen molar-refractivity contribution in [2.24, 2.45) is 11.8 Å². The first-order valence-corrected chi connectivity index (χ1v) is 13.1. The number of carbonyl (C=O) groups is 3. The quantitative estimate of drug-likeness (QED) is 0.389. The van der Waals surface area contributed by atoms with Crippen LogP contribution in [0.5, 0.6) is 0 Å². The molecule has 0 saturated carbocycles. The largest absolute Gasteiger partial charge is 0.323 e. The smallest absolute Gasteiger partial charge is 0.250 e. The average molecular weight is 575 g/mol. The Balaban J connectivity index is 1.54. The van der Waals surface area contributed by atoms with Crippen molar-refractivity contribution in [3.8, 4) is 0 Å². The second-order valence-corrected chi connectivity index (χ2v) is 11.3. The summed E-state index contributed by atoms with van der Waals surface area (Å²) < 4.78 is 0. The minimum absolute atomic E-state index is 0.253. The highest BCUT2D eigenvalue weighted by Crippen LogP contribution is 2.55. The van der Waals surface area contributed by atoms with Gasteiger partial charge >= 0.3 is 0 Å². The first kappa shape index (κ1) is 24.7. The van der Waals surface area contributed by atoms with Gasteiger partial charge in [0.05, 0.1) is 28.2 Å². The molecule has 0 aromatic heterocycles. The molecule has 2 saturated heterocycles. The van der Waals surface area contributed by atoms with Gasteiger partial charge in [0.25, 0.3) is 0 Å². The number of anilines is 2. The van der Waals surface area contributed by atoms with Crippen molar-refractivity contribution in [1.82, 2.24) is 5.32 Å². The number of nitrogens with one attached hydrogen (secondary N) is 2. The fourth-order valence-electron chi connectivity index (χ4n) is 6.00. The van der Waals surface area contributed by atoms with Crippen molar-refractivity contribution in [1.29, 1.82) is 0 Å². The molecule has 188 valence electrons. The fraction of sp³-hybridized carbons (Fsp3) is 0.222. The van der Waals surface area contributed by atoms with Crippen LogP contribution >= 0.6 is 46.4 Å². The summed E-state index contributed by atoms with van der Waals surface area (Å²) in [7, 11) is 0. The first-order chi connectivity index (χ1) is 17.6. The monoisotopic (exact) mass is 573 g/mol. The van der Waals surface area contributed by atoms with E-state index < -0.39 is 41.1 Å². The first-order valence-electron chi connectivity index (χ1n) is 11.6. The Bertz CT molecular complexity index is 1510. The number of hydrogen-bond acceptors (Lipinski definition) is 4. The number of halogens is 4. The highest BCUT2D eigenvalue weighted by Gasteiger charge is 2.70. The molecule has 0 bridgehead atoms. The van der Waals surface area contributed by atoms with E-state index in [-0.39, 0.29) is 20.8 Å². The van der Waals surface area contributed by atoms with E-state index in [2.05, 4.69) is 10.6 Å². The number of nitrogens with zero attached hydrogens (tertiary/aromatic N) is 1. The van der Waals surface area contributed by atoms with Gasteiger partial charge in [-0.25, -0.2) is 4.90 Å². The lowest BCUT2D eigenvalue weighted by atomic mass is 9.76. The van der Waals surface area contributed by atoms with E-state index in [0.29, 0.717) is 22.7 Å². The molecule has 3 aliphatic rings. The number of hydrogen-bond donors (Lipinski definition) is 2. The Hall–Kier alpha value is -2.61. The lowest BCUT2D eigenvalue weighted by Crippen LogP contribution is -2.53. The third kappa shape index (κ3) is 3.62. The van der Waals surface area contributed by atoms with Crippen molar-refractivity contribution in [2.45, 2.75) is 24.9 Å². The molecule has 3 aliphatic heterocycles. The molecule has 10 heteroatoms. The van der Waals surface area contributed by atoms with Crippen LogP contribution in [0.2, 0.25) is 20.1 Å². The maximum Gasteiger partial charge on any atom is 0.250 e. The molecule has 3 amide bonds. The predicted molar refractivity (Wildman–Crippen MR) is 145 cm³/mol. The van der Waals surface area contributed by atoms with Crippen molar-refractivity contribution in [2.75, 3.05) is 10.2 Å². The zero-order chi connectivity index (χ0) is 26.2. The van der Waals surface area contributed by atoms with E-state index in [1.54, 1.807) is 6.07 Å². The molecule has 3 heterocycles. The Morgan fingerprint density at radius 2 is 1.57 bits per heavy atom. The lowest BCUT2D eigenvalue weighted by Gasteiger charge is -2.30. The summed E-state index contributed by atoms with van der Waals surface area (Å²) in [5.74, 6) is -3.28. The minimum atomic E-state index is -1.54. The molecule has 2 N–H and O–H groups in total. The summed E-state index contributed by atoms with van der Waals surface area (Å²) in [5.41, 5.74) is 1.59. The number of aryl methyl sites for hydroxylation is 1. The second-order valence-electron chi connectivity index (χ2n) is 9.60. The standard InChI is InChI=1S/C27H19Cl4N3O3/c1-12-4-2-3-5-13(12)6-20-21-22(25(36)34(24(21)35)17-8-14(28)7-15(29)9-17)27(33-20)18-10-16(30)11-19(31)23(18)32-26(27)37/h2-5,7-11,20-22,33H,6H2,1H3,(H,32,37)/t20?,21?,22-,27?/m0/s1. The van der Waals surface area contributed by atoms with Gasteiger partial charge in [-0.15, -0.1) is 0 Å². The number of imide groups is 1. The molecule has 2 fully saturated rings. The van der Waals surface area contributed by atoms with Crippen LogP contribution in [-0.4, -0.2) is 23.8 Å². The summed E-state index contributed by atoms with van der Waals surface area (Å²) in [5, 5.41) is 7.37. The molecular formula is C27H19Cl4N3O3. The third-order valence-electron chi connectivity index (χ3n) is 7.55. The highest BCUT2D eigenvalue weighted by molar-refractivity contribution is 6.38. The van der Waals surface area contributed by atoms with Crippen LogP contribution in [0.15, 0.2) is 54.6 Å². The molecule has 3 unspecified atom stereocenters. The number of rotatable bonds is 3. The summed E-state index contributed by atoms with van der Waals surface area (Å²) in [6.45, 7) is 1.98. The lowest BCUT2D eigenvalue weighted by molar-refractivity contribution is -0.130. The zero-order valence-electron chi connectivity index (χ0n) is 19.3. The van der Waals surface area contributed by atoms with Crippen LogP contribution in [0, 0.1) is 18.8 Å². The van der Waals surface area contributed by atoms with E-state index in [0.717, 1.165) is 16.0 Å². The van der Waals surface area contributed by atoms with E-state index in [1.165, 1.54) is 24.3 Å². The van der Waals surface area contributed by atoms with Gasteiger partial charge in [0.2, 0.25) is 17.7 Å². The van der Waals surface area contributed by atoms with Crippen LogP contribution in [0.3, 0.4) is 0 Å². The topological polar surface area (TPSA) is 78.5 Å². The maximum atomic E-state index is 14.1. The van der Waals surface area contributed by atoms with E-state index >= 15 is 0 Å². The molecule has 0 aliphatic carbocycles. The van der Waals surface area contributed by atoms with Gasteiger partial charge in [0, 0.05) is 26.7 Å². The Kier molecular flexibility index (Phi) is 5.82. The van der Waals surface area contributed by atoms with Crippen LogP contribution in [0.1, 0.15) is 16.7 Å². The van der Waals surface area contributed by atoms with Gasteiger partial charge in [0.1, 0.15) is 5.54 Å². The van der Waals surface area contributed by atoms with Crippen molar-refractivity contribution < 1.29 is 14.4 Å². The minimum Gasteiger partial charge on any atom is -0.323 e. The van der Waals surface area contributed by atoms with Crippen LogP contribution < -0.4 is 15.5 Å². The molecule has 6 rings (SSSR count). The highest BCUT2D eigenvalue weighted by atomic mass is 35.5. The fourth-order valence-corrected chi connectivity index (χ4v) is 7.05. The molecule has 6 nitrogen and oxygen atoms in total. The van der Waals surface area contributed by atoms with Gasteiger partial charge in [-0.3, -0.25) is 19.7 Å². The Morgan fingerprint density at radius 1 is 0.892 bits per heavy atom. The molecule has 3 aromatic carbocycles. The average Bonchev–Trinajstić information content (AvgIpc) is 3.40. The number of fused-ring (bicyclic) bond motifs is 4. The number of amides is 3. The number of benzene rings is 3. The van der Waals surface area contributed by atoms with Gasteiger partial charge in [0.15, 0.2) is 0 Å². The summed E-state index contributed by atoms with van der Waals surface area (Å²) in [6, 6.07) is 15.0. The maximum absolute atomic E-state index is 14.1. The van der Waals surface area contributed by atoms with Gasteiger partial charge in [-0.05, 0) is 54.8 Å². The third-order valence-corrected chi connectivity index (χ3v) is 8.50. The number of carbonyl (C=O) groups excluding carboxylic acids is 3. The van der Waals surface area contributed by atoms with Crippen molar-refractivity contribution >= 4 is 75.5 Å². The van der Waals surface area contributed by atoms with Gasteiger partial charge < -0.3 is 5.32 Å². The predicted octanol–water partition coefficient (Wildman–Crippen LogP) is 5.78. The van der Waals surface area contributed by atoms with Crippen molar-refractivity contribution in [3.05, 3.63) is 91.4 Å². The van der Waals surface area contributed by atoms with E-state index in [9.17, 15) is 14.4 Å². The Labute approximate surface area is 232 Å². The Morgan fingerprint density at radius 3 is 2.27 bits per heavy atom. The van der Waals surface area contributed by atoms with Gasteiger partial charge in [-0.1, -0.05) is 70.7 Å². The molecular weight excluding hydrogens is 556 g/mol. The summed E-state index contributed by atoms with van der Waals surface area (Å²) in [4.78, 5) is 42.9. The van der Waals surface area contributed by atoms with E-state index in [1.807, 2.05) is 31.2 Å². The van der Waals surface area contributed by atoms with Crippen LogP contribution in [0.4, 0.5) is 11.4 Å². The molecule has 37 heavy (non-hydrogen) atoms. The zero-order valence-corrected chi connectivity index (χ0v) is 22.3. The van der Waals surface area contributed by atoms with Gasteiger partial charge in [-0.2, -0.15) is 0 Å². The summed E-state index contributed by atoms with van der Waals surface area (Å²) >= 11 is 25.2. The molecule has 3 aromatic rings. The van der Waals surface area contributed by atoms with Crippen LogP contribution in [0.25, 0.3) is 0 Å². The SMILES string of the molecule is Cc1ccccc1CC1NC2(C(=O)Nc3c(Cl)cc(Cl)cc32)[C@@H]2C(=O)N(c3cc(Cl)cc(Cl)c3)C(=O)C12. The summed E-state index contributed by atoms with van der Waals surface area (Å²) in [6.07, 6.45) is 0.426.